The summed E-state index contributed by atoms with van der Waals surface area (Å²) in [7, 11) is 1.50. The van der Waals surface area contributed by atoms with Crippen LogP contribution < -0.4 is 0 Å². The van der Waals surface area contributed by atoms with E-state index in [1.807, 2.05) is 12.2 Å². The maximum absolute atomic E-state index is 10.7. The zero-order valence-electron chi connectivity index (χ0n) is 7.24. The number of hydrogen-bond acceptors (Lipinski definition) is 3. The van der Waals surface area contributed by atoms with Gasteiger partial charge in [-0.25, -0.2) is 0 Å². The Morgan fingerprint density at radius 1 is 1.42 bits per heavy atom. The smallest absolute Gasteiger partial charge is 0.305 e. The highest BCUT2D eigenvalue weighted by atomic mass is 16.7. The SMILES string of the molecule is COC1(OC(C)=O)C=CCC=C1. The molecule has 0 radical (unpaired) electrons. The lowest BCUT2D eigenvalue weighted by Gasteiger charge is -2.26. The monoisotopic (exact) mass is 168 g/mol. The molecule has 0 amide bonds. The van der Waals surface area contributed by atoms with Crippen LogP contribution in [0.15, 0.2) is 24.3 Å². The first-order chi connectivity index (χ1) is 5.68. The first-order valence-electron chi connectivity index (χ1n) is 3.79. The number of rotatable bonds is 2. The molecule has 12 heavy (non-hydrogen) atoms. The molecule has 0 N–H and O–H groups in total. The highest BCUT2D eigenvalue weighted by Gasteiger charge is 2.27. The predicted octanol–water partition coefficient (Wildman–Crippen LogP) is 1.41. The summed E-state index contributed by atoms with van der Waals surface area (Å²) in [5.74, 6) is -1.32. The van der Waals surface area contributed by atoms with E-state index in [0.717, 1.165) is 6.42 Å². The molecule has 0 bridgehead atoms. The van der Waals surface area contributed by atoms with Crippen LogP contribution in [0, 0.1) is 0 Å². The van der Waals surface area contributed by atoms with E-state index in [0.29, 0.717) is 0 Å². The lowest BCUT2D eigenvalue weighted by atomic mass is 10.1. The van der Waals surface area contributed by atoms with Crippen LogP contribution in [0.2, 0.25) is 0 Å². The number of esters is 1. The second kappa shape index (κ2) is 3.54. The summed E-state index contributed by atoms with van der Waals surface area (Å²) >= 11 is 0. The molecular formula is C9H12O3. The summed E-state index contributed by atoms with van der Waals surface area (Å²) in [6.07, 6.45) is 8.11. The van der Waals surface area contributed by atoms with Gasteiger partial charge in [0.05, 0.1) is 0 Å². The van der Waals surface area contributed by atoms with Gasteiger partial charge in [-0.3, -0.25) is 4.79 Å². The molecule has 0 atom stereocenters. The molecule has 3 nitrogen and oxygen atoms in total. The fraction of sp³-hybridized carbons (Fsp3) is 0.444. The maximum atomic E-state index is 10.7. The summed E-state index contributed by atoms with van der Waals surface area (Å²) in [5.41, 5.74) is 0. The van der Waals surface area contributed by atoms with Crippen LogP contribution in [-0.4, -0.2) is 18.9 Å². The number of hydrogen-bond donors (Lipinski definition) is 0. The van der Waals surface area contributed by atoms with Gasteiger partial charge in [-0.15, -0.1) is 0 Å². The van der Waals surface area contributed by atoms with E-state index in [9.17, 15) is 4.79 Å². The van der Waals surface area contributed by atoms with E-state index in [-0.39, 0.29) is 5.97 Å². The van der Waals surface area contributed by atoms with E-state index in [1.54, 1.807) is 12.2 Å². The maximum Gasteiger partial charge on any atom is 0.305 e. The molecule has 0 fully saturated rings. The van der Waals surface area contributed by atoms with Gasteiger partial charge in [0, 0.05) is 14.0 Å². The molecule has 0 saturated heterocycles. The first kappa shape index (κ1) is 9.00. The summed E-state index contributed by atoms with van der Waals surface area (Å²) < 4.78 is 10.1. The molecule has 0 aromatic carbocycles. The van der Waals surface area contributed by atoms with Crippen LogP contribution in [0.5, 0.6) is 0 Å². The van der Waals surface area contributed by atoms with Gasteiger partial charge >= 0.3 is 5.97 Å². The van der Waals surface area contributed by atoms with Gasteiger partial charge in [-0.1, -0.05) is 12.2 Å². The lowest BCUT2D eigenvalue weighted by molar-refractivity contribution is -0.182. The Labute approximate surface area is 71.7 Å². The second-order valence-corrected chi connectivity index (χ2v) is 2.56. The molecule has 0 unspecified atom stereocenters. The third-order valence-electron chi connectivity index (χ3n) is 1.59. The zero-order chi connectivity index (χ0) is 9.03. The van der Waals surface area contributed by atoms with Gasteiger partial charge in [-0.2, -0.15) is 0 Å². The standard InChI is InChI=1S/C9H12O3/c1-8(10)12-9(11-2)6-4-3-5-7-9/h4-7H,3H2,1-2H3. The molecule has 0 heterocycles. The zero-order valence-corrected chi connectivity index (χ0v) is 7.24. The molecule has 66 valence electrons. The summed E-state index contributed by atoms with van der Waals surface area (Å²) in [5, 5.41) is 0. The number of carbonyl (C=O) groups is 1. The van der Waals surface area contributed by atoms with Gasteiger partial charge in [-0.05, 0) is 18.6 Å². The highest BCUT2D eigenvalue weighted by molar-refractivity contribution is 5.67. The van der Waals surface area contributed by atoms with Crippen LogP contribution >= 0.6 is 0 Å². The Kier molecular flexibility index (Phi) is 2.65. The molecule has 1 aliphatic rings. The van der Waals surface area contributed by atoms with Crippen molar-refractivity contribution >= 4 is 5.97 Å². The summed E-state index contributed by atoms with van der Waals surface area (Å²) in [6.45, 7) is 1.36. The Balaban J connectivity index is 2.74. The third-order valence-corrected chi connectivity index (χ3v) is 1.59. The van der Waals surface area contributed by atoms with Crippen molar-refractivity contribution in [2.45, 2.75) is 19.1 Å². The number of methoxy groups -OCH3 is 1. The normalized spacial score (nSPS) is 19.2. The molecular weight excluding hydrogens is 156 g/mol. The van der Waals surface area contributed by atoms with E-state index in [4.69, 9.17) is 9.47 Å². The van der Waals surface area contributed by atoms with Crippen molar-refractivity contribution in [2.24, 2.45) is 0 Å². The first-order valence-corrected chi connectivity index (χ1v) is 3.79. The molecule has 0 saturated carbocycles. The molecule has 0 aliphatic heterocycles. The van der Waals surface area contributed by atoms with Crippen molar-refractivity contribution in [1.29, 1.82) is 0 Å². The Morgan fingerprint density at radius 3 is 2.42 bits per heavy atom. The van der Waals surface area contributed by atoms with Crippen LogP contribution in [-0.2, 0) is 14.3 Å². The van der Waals surface area contributed by atoms with Gasteiger partial charge in [0.15, 0.2) is 0 Å². The molecule has 1 aliphatic carbocycles. The van der Waals surface area contributed by atoms with E-state index in [2.05, 4.69) is 0 Å². The van der Waals surface area contributed by atoms with Crippen molar-refractivity contribution < 1.29 is 14.3 Å². The Bertz CT molecular complexity index is 216. The number of carbonyl (C=O) groups excluding carboxylic acids is 1. The average Bonchev–Trinajstić information content (AvgIpc) is 2.05. The van der Waals surface area contributed by atoms with Crippen molar-refractivity contribution in [3.63, 3.8) is 0 Å². The van der Waals surface area contributed by atoms with Crippen LogP contribution in [0.25, 0.3) is 0 Å². The van der Waals surface area contributed by atoms with Gasteiger partial charge in [0.25, 0.3) is 5.79 Å². The Hall–Kier alpha value is -1.09. The minimum absolute atomic E-state index is 0.354. The minimum Gasteiger partial charge on any atom is -0.426 e. The second-order valence-electron chi connectivity index (χ2n) is 2.56. The molecule has 0 aromatic rings. The lowest BCUT2D eigenvalue weighted by Crippen LogP contribution is -2.32. The highest BCUT2D eigenvalue weighted by Crippen LogP contribution is 2.20. The van der Waals surface area contributed by atoms with Gasteiger partial charge in [0.2, 0.25) is 0 Å². The minimum atomic E-state index is -0.968. The van der Waals surface area contributed by atoms with Crippen LogP contribution in [0.3, 0.4) is 0 Å². The van der Waals surface area contributed by atoms with E-state index >= 15 is 0 Å². The van der Waals surface area contributed by atoms with Crippen LogP contribution in [0.4, 0.5) is 0 Å². The van der Waals surface area contributed by atoms with E-state index < -0.39 is 5.79 Å². The average molecular weight is 168 g/mol. The quantitative estimate of drug-likeness (QED) is 0.355. The fourth-order valence-corrected chi connectivity index (χ4v) is 1.07. The third kappa shape index (κ3) is 1.95. The topological polar surface area (TPSA) is 35.5 Å². The Morgan fingerprint density at radius 2 is 2.00 bits per heavy atom. The van der Waals surface area contributed by atoms with Crippen molar-refractivity contribution in [2.75, 3.05) is 7.11 Å². The van der Waals surface area contributed by atoms with E-state index in [1.165, 1.54) is 14.0 Å². The molecule has 0 aromatic heterocycles. The van der Waals surface area contributed by atoms with Crippen molar-refractivity contribution in [3.8, 4) is 0 Å². The largest absolute Gasteiger partial charge is 0.426 e. The fourth-order valence-electron chi connectivity index (χ4n) is 1.07. The van der Waals surface area contributed by atoms with Crippen molar-refractivity contribution in [1.82, 2.24) is 0 Å². The van der Waals surface area contributed by atoms with Crippen LogP contribution in [0.1, 0.15) is 13.3 Å². The molecule has 3 heteroatoms. The molecule has 1 rings (SSSR count). The number of allylic oxidation sites excluding steroid dienone is 2. The molecule has 0 spiro atoms. The number of ether oxygens (including phenoxy) is 2. The summed E-state index contributed by atoms with van der Waals surface area (Å²) in [4.78, 5) is 10.7. The summed E-state index contributed by atoms with van der Waals surface area (Å²) in [6, 6.07) is 0. The predicted molar refractivity (Wildman–Crippen MR) is 44.4 cm³/mol. The van der Waals surface area contributed by atoms with Gasteiger partial charge in [0.1, 0.15) is 0 Å². The van der Waals surface area contributed by atoms with Gasteiger partial charge < -0.3 is 9.47 Å². The van der Waals surface area contributed by atoms with Crippen molar-refractivity contribution in [3.05, 3.63) is 24.3 Å².